The molecular formula is C16H15ClO3. The highest BCUT2D eigenvalue weighted by Crippen LogP contribution is 2.45. The lowest BCUT2D eigenvalue weighted by Gasteiger charge is -2.26. The number of ether oxygens (including phenoxy) is 2. The second-order valence-electron chi connectivity index (χ2n) is 4.82. The highest BCUT2D eigenvalue weighted by molar-refractivity contribution is 6.30. The largest absolute Gasteiger partial charge is 0.497 e. The van der Waals surface area contributed by atoms with Gasteiger partial charge in [-0.25, -0.2) is 0 Å². The Hall–Kier alpha value is -1.71. The third kappa shape index (κ3) is 2.03. The smallest absolute Gasteiger partial charge is 0.130 e. The van der Waals surface area contributed by atoms with Gasteiger partial charge in [-0.05, 0) is 34.9 Å². The molecule has 104 valence electrons. The van der Waals surface area contributed by atoms with Crippen molar-refractivity contribution in [2.75, 3.05) is 14.2 Å². The number of benzene rings is 2. The third-order valence-corrected chi connectivity index (χ3v) is 3.90. The molecule has 0 bridgehead atoms. The van der Waals surface area contributed by atoms with Gasteiger partial charge in [-0.1, -0.05) is 17.7 Å². The fraction of sp³-hybridized carbons (Fsp3) is 0.250. The molecule has 2 aromatic carbocycles. The first kappa shape index (κ1) is 13.3. The lowest BCUT2D eigenvalue weighted by atomic mass is 9.83. The molecule has 0 spiro atoms. The summed E-state index contributed by atoms with van der Waals surface area (Å²) in [4.78, 5) is 0. The number of halogens is 1. The molecule has 1 atom stereocenters. The molecule has 0 amide bonds. The van der Waals surface area contributed by atoms with Crippen LogP contribution in [-0.4, -0.2) is 19.3 Å². The van der Waals surface area contributed by atoms with Gasteiger partial charge in [-0.3, -0.25) is 0 Å². The Balaban J connectivity index is 2.28. The van der Waals surface area contributed by atoms with E-state index < -0.39 is 6.10 Å². The Morgan fingerprint density at radius 3 is 2.65 bits per heavy atom. The zero-order valence-corrected chi connectivity index (χ0v) is 12.1. The second-order valence-corrected chi connectivity index (χ2v) is 5.25. The highest BCUT2D eigenvalue weighted by Gasteiger charge is 2.26. The van der Waals surface area contributed by atoms with Gasteiger partial charge in [0.2, 0.25) is 0 Å². The van der Waals surface area contributed by atoms with Crippen molar-refractivity contribution in [3.8, 4) is 22.6 Å². The Kier molecular flexibility index (Phi) is 3.32. The van der Waals surface area contributed by atoms with E-state index in [9.17, 15) is 5.11 Å². The summed E-state index contributed by atoms with van der Waals surface area (Å²) in [5, 5.41) is 10.9. The SMILES string of the molecule is COc1cc2c(c(OC)c1)-c1ccc(Cl)cc1C(O)C2. The van der Waals surface area contributed by atoms with Crippen LogP contribution in [0.3, 0.4) is 0 Å². The summed E-state index contributed by atoms with van der Waals surface area (Å²) in [6.07, 6.45) is -0.0380. The van der Waals surface area contributed by atoms with Gasteiger partial charge < -0.3 is 14.6 Å². The lowest BCUT2D eigenvalue weighted by Crippen LogP contribution is -2.12. The molecule has 1 N–H and O–H groups in total. The van der Waals surface area contributed by atoms with E-state index in [4.69, 9.17) is 21.1 Å². The maximum Gasteiger partial charge on any atom is 0.130 e. The topological polar surface area (TPSA) is 38.7 Å². The van der Waals surface area contributed by atoms with Gasteiger partial charge in [0.25, 0.3) is 0 Å². The standard InChI is InChI=1S/C16H15ClO3/c1-19-11-5-9-6-14(18)13-7-10(17)3-4-12(13)16(9)15(8-11)20-2/h3-5,7-8,14,18H,6H2,1-2H3. The molecule has 0 radical (unpaired) electrons. The fourth-order valence-electron chi connectivity index (χ4n) is 2.75. The number of hydrogen-bond donors (Lipinski definition) is 1. The number of fused-ring (bicyclic) bond motifs is 3. The van der Waals surface area contributed by atoms with E-state index >= 15 is 0 Å². The van der Waals surface area contributed by atoms with Crippen molar-refractivity contribution in [3.05, 3.63) is 46.5 Å². The minimum atomic E-state index is -0.562. The molecule has 2 aromatic rings. The first-order chi connectivity index (χ1) is 9.63. The van der Waals surface area contributed by atoms with Crippen LogP contribution < -0.4 is 9.47 Å². The van der Waals surface area contributed by atoms with E-state index in [0.717, 1.165) is 33.8 Å². The Morgan fingerprint density at radius 1 is 1.15 bits per heavy atom. The first-order valence-corrected chi connectivity index (χ1v) is 6.74. The molecule has 0 aliphatic heterocycles. The monoisotopic (exact) mass is 290 g/mol. The summed E-state index contributed by atoms with van der Waals surface area (Å²) in [6.45, 7) is 0. The van der Waals surface area contributed by atoms with E-state index in [1.54, 1.807) is 14.2 Å². The Bertz CT molecular complexity index is 667. The summed E-state index contributed by atoms with van der Waals surface area (Å²) in [5.41, 5.74) is 3.82. The minimum absolute atomic E-state index is 0.524. The maximum atomic E-state index is 10.3. The zero-order valence-electron chi connectivity index (χ0n) is 11.3. The normalized spacial score (nSPS) is 16.3. The Morgan fingerprint density at radius 2 is 1.95 bits per heavy atom. The molecule has 1 unspecified atom stereocenters. The summed E-state index contributed by atoms with van der Waals surface area (Å²) in [7, 11) is 3.25. The molecule has 4 heteroatoms. The highest BCUT2D eigenvalue weighted by atomic mass is 35.5. The number of aliphatic hydroxyl groups excluding tert-OH is 1. The van der Waals surface area contributed by atoms with Crippen LogP contribution in [0.1, 0.15) is 17.2 Å². The van der Waals surface area contributed by atoms with Crippen molar-refractivity contribution >= 4 is 11.6 Å². The van der Waals surface area contributed by atoms with Crippen molar-refractivity contribution in [2.45, 2.75) is 12.5 Å². The molecule has 0 saturated carbocycles. The van der Waals surface area contributed by atoms with Crippen LogP contribution in [0, 0.1) is 0 Å². The number of aliphatic hydroxyl groups is 1. The van der Waals surface area contributed by atoms with Crippen LogP contribution in [0.5, 0.6) is 11.5 Å². The predicted octanol–water partition coefficient (Wildman–Crippen LogP) is 3.61. The van der Waals surface area contributed by atoms with E-state index in [1.807, 2.05) is 30.3 Å². The minimum Gasteiger partial charge on any atom is -0.497 e. The first-order valence-electron chi connectivity index (χ1n) is 6.37. The summed E-state index contributed by atoms with van der Waals surface area (Å²) >= 11 is 6.03. The van der Waals surface area contributed by atoms with E-state index in [-0.39, 0.29) is 0 Å². The van der Waals surface area contributed by atoms with Crippen LogP contribution in [0.25, 0.3) is 11.1 Å². The van der Waals surface area contributed by atoms with Gasteiger partial charge in [0.15, 0.2) is 0 Å². The van der Waals surface area contributed by atoms with Crippen LogP contribution in [0.15, 0.2) is 30.3 Å². The van der Waals surface area contributed by atoms with Crippen molar-refractivity contribution in [3.63, 3.8) is 0 Å². The van der Waals surface area contributed by atoms with Gasteiger partial charge in [-0.15, -0.1) is 0 Å². The second kappa shape index (κ2) is 5.00. The van der Waals surface area contributed by atoms with Crippen molar-refractivity contribution in [2.24, 2.45) is 0 Å². The van der Waals surface area contributed by atoms with Gasteiger partial charge >= 0.3 is 0 Å². The molecule has 0 aromatic heterocycles. The number of methoxy groups -OCH3 is 2. The van der Waals surface area contributed by atoms with Crippen LogP contribution in [-0.2, 0) is 6.42 Å². The zero-order chi connectivity index (χ0) is 14.3. The van der Waals surface area contributed by atoms with Crippen molar-refractivity contribution in [1.29, 1.82) is 0 Å². The Labute approximate surface area is 122 Å². The van der Waals surface area contributed by atoms with Crippen LogP contribution in [0.4, 0.5) is 0 Å². The quantitative estimate of drug-likeness (QED) is 0.918. The van der Waals surface area contributed by atoms with E-state index in [0.29, 0.717) is 11.4 Å². The van der Waals surface area contributed by atoms with Crippen molar-refractivity contribution < 1.29 is 14.6 Å². The summed E-state index contributed by atoms with van der Waals surface area (Å²) in [5.74, 6) is 1.47. The molecule has 0 saturated heterocycles. The number of hydrogen-bond acceptors (Lipinski definition) is 3. The molecular weight excluding hydrogens is 276 g/mol. The molecule has 20 heavy (non-hydrogen) atoms. The fourth-order valence-corrected chi connectivity index (χ4v) is 2.93. The summed E-state index contributed by atoms with van der Waals surface area (Å²) < 4.78 is 10.8. The van der Waals surface area contributed by atoms with Gasteiger partial charge in [0, 0.05) is 23.1 Å². The molecule has 3 rings (SSSR count). The predicted molar refractivity (Wildman–Crippen MR) is 78.7 cm³/mol. The van der Waals surface area contributed by atoms with Gasteiger partial charge in [0.05, 0.1) is 20.3 Å². The maximum absolute atomic E-state index is 10.3. The molecule has 0 fully saturated rings. The summed E-state index contributed by atoms with van der Waals surface area (Å²) in [6, 6.07) is 9.36. The molecule has 1 aliphatic rings. The molecule has 0 heterocycles. The van der Waals surface area contributed by atoms with Crippen LogP contribution >= 0.6 is 11.6 Å². The van der Waals surface area contributed by atoms with Crippen molar-refractivity contribution in [1.82, 2.24) is 0 Å². The average Bonchev–Trinajstić information content (AvgIpc) is 2.46. The third-order valence-electron chi connectivity index (χ3n) is 3.67. The van der Waals surface area contributed by atoms with Gasteiger partial charge in [-0.2, -0.15) is 0 Å². The molecule has 1 aliphatic carbocycles. The average molecular weight is 291 g/mol. The lowest BCUT2D eigenvalue weighted by molar-refractivity contribution is 0.177. The molecule has 3 nitrogen and oxygen atoms in total. The van der Waals surface area contributed by atoms with E-state index in [2.05, 4.69) is 0 Å². The van der Waals surface area contributed by atoms with Crippen LogP contribution in [0.2, 0.25) is 5.02 Å². The van der Waals surface area contributed by atoms with E-state index in [1.165, 1.54) is 0 Å². The van der Waals surface area contributed by atoms with Gasteiger partial charge in [0.1, 0.15) is 11.5 Å². The number of rotatable bonds is 2.